The van der Waals surface area contributed by atoms with E-state index in [0.717, 1.165) is 18.4 Å². The molecule has 1 N–H and O–H groups in total. The van der Waals surface area contributed by atoms with Crippen LogP contribution in [0.25, 0.3) is 0 Å². The first-order valence-electron chi connectivity index (χ1n) is 8.77. The average Bonchev–Trinajstić information content (AvgIpc) is 3.22. The maximum Gasteiger partial charge on any atom is 0.00967 e. The normalized spacial score (nSPS) is 23.1. The standard InChI is InChI=1S/C18H36N2/c1-6-18(5,13-19-17(2,3)4)14-20(11-15-7-8-15)12-16-9-10-16/h15-16,19H,6-14H2,1-5H3. The Kier molecular flexibility index (Phi) is 5.18. The molecule has 0 aliphatic heterocycles. The lowest BCUT2D eigenvalue weighted by Crippen LogP contribution is -2.48. The van der Waals surface area contributed by atoms with Crippen LogP contribution >= 0.6 is 0 Å². The van der Waals surface area contributed by atoms with Gasteiger partial charge in [-0.25, -0.2) is 0 Å². The molecule has 0 radical (unpaired) electrons. The highest BCUT2D eigenvalue weighted by Gasteiger charge is 2.33. The SMILES string of the molecule is CCC(C)(CNC(C)(C)C)CN(CC1CC1)CC1CC1. The molecule has 1 unspecified atom stereocenters. The van der Waals surface area contributed by atoms with E-state index in [1.807, 2.05) is 0 Å². The van der Waals surface area contributed by atoms with Crippen LogP contribution < -0.4 is 5.32 Å². The molecule has 2 rings (SSSR count). The zero-order valence-electron chi connectivity index (χ0n) is 14.5. The second-order valence-corrected chi connectivity index (χ2v) is 8.85. The maximum absolute atomic E-state index is 3.73. The van der Waals surface area contributed by atoms with Gasteiger partial charge in [0.2, 0.25) is 0 Å². The van der Waals surface area contributed by atoms with E-state index in [2.05, 4.69) is 44.8 Å². The van der Waals surface area contributed by atoms with Crippen molar-refractivity contribution in [1.82, 2.24) is 10.2 Å². The van der Waals surface area contributed by atoms with Crippen molar-refractivity contribution in [2.75, 3.05) is 26.2 Å². The minimum atomic E-state index is 0.230. The monoisotopic (exact) mass is 280 g/mol. The third kappa shape index (κ3) is 6.13. The van der Waals surface area contributed by atoms with Crippen LogP contribution in [0.5, 0.6) is 0 Å². The second kappa shape index (κ2) is 6.36. The van der Waals surface area contributed by atoms with Gasteiger partial charge in [-0.3, -0.25) is 0 Å². The largest absolute Gasteiger partial charge is 0.311 e. The predicted molar refractivity (Wildman–Crippen MR) is 88.0 cm³/mol. The van der Waals surface area contributed by atoms with Crippen LogP contribution in [0, 0.1) is 17.3 Å². The lowest BCUT2D eigenvalue weighted by Gasteiger charge is -2.37. The van der Waals surface area contributed by atoms with Gasteiger partial charge in [0.05, 0.1) is 0 Å². The van der Waals surface area contributed by atoms with Crippen molar-refractivity contribution < 1.29 is 0 Å². The van der Waals surface area contributed by atoms with Crippen molar-refractivity contribution in [1.29, 1.82) is 0 Å². The van der Waals surface area contributed by atoms with Crippen LogP contribution in [-0.2, 0) is 0 Å². The van der Waals surface area contributed by atoms with E-state index in [1.165, 1.54) is 51.7 Å². The Morgan fingerprint density at radius 3 is 1.80 bits per heavy atom. The second-order valence-electron chi connectivity index (χ2n) is 8.85. The lowest BCUT2D eigenvalue weighted by atomic mass is 9.85. The summed E-state index contributed by atoms with van der Waals surface area (Å²) in [6.07, 6.45) is 7.17. The zero-order chi connectivity index (χ0) is 14.8. The fourth-order valence-electron chi connectivity index (χ4n) is 2.85. The van der Waals surface area contributed by atoms with Crippen molar-refractivity contribution in [3.05, 3.63) is 0 Å². The summed E-state index contributed by atoms with van der Waals surface area (Å²) >= 11 is 0. The summed E-state index contributed by atoms with van der Waals surface area (Å²) < 4.78 is 0. The van der Waals surface area contributed by atoms with E-state index in [1.54, 1.807) is 0 Å². The lowest BCUT2D eigenvalue weighted by molar-refractivity contribution is 0.137. The van der Waals surface area contributed by atoms with Gasteiger partial charge in [0, 0.05) is 31.7 Å². The van der Waals surface area contributed by atoms with Gasteiger partial charge in [0.25, 0.3) is 0 Å². The Hall–Kier alpha value is -0.0800. The Bertz CT molecular complexity index is 285. The van der Waals surface area contributed by atoms with Crippen molar-refractivity contribution in [2.45, 2.75) is 72.3 Å². The summed E-state index contributed by atoms with van der Waals surface area (Å²) in [5.41, 5.74) is 0.644. The molecule has 2 saturated carbocycles. The maximum atomic E-state index is 3.73. The van der Waals surface area contributed by atoms with Gasteiger partial charge < -0.3 is 10.2 Å². The molecule has 0 aromatic carbocycles. The van der Waals surface area contributed by atoms with Gasteiger partial charge in [-0.05, 0) is 70.1 Å². The highest BCUT2D eigenvalue weighted by Crippen LogP contribution is 2.35. The van der Waals surface area contributed by atoms with Gasteiger partial charge in [0.15, 0.2) is 0 Å². The molecule has 0 amide bonds. The molecule has 1 atom stereocenters. The fraction of sp³-hybridized carbons (Fsp3) is 1.00. The summed E-state index contributed by atoms with van der Waals surface area (Å²) in [5.74, 6) is 2.04. The first-order chi connectivity index (χ1) is 9.30. The van der Waals surface area contributed by atoms with Crippen LogP contribution in [0.1, 0.15) is 66.7 Å². The molecule has 20 heavy (non-hydrogen) atoms. The Morgan fingerprint density at radius 1 is 0.950 bits per heavy atom. The van der Waals surface area contributed by atoms with E-state index in [-0.39, 0.29) is 5.54 Å². The summed E-state index contributed by atoms with van der Waals surface area (Å²) in [7, 11) is 0. The third-order valence-corrected chi connectivity index (χ3v) is 4.93. The Balaban J connectivity index is 1.85. The summed E-state index contributed by atoms with van der Waals surface area (Å²) in [4.78, 5) is 2.79. The van der Waals surface area contributed by atoms with E-state index >= 15 is 0 Å². The van der Waals surface area contributed by atoms with Gasteiger partial charge in [-0.1, -0.05) is 13.8 Å². The first kappa shape index (κ1) is 16.3. The molecule has 118 valence electrons. The van der Waals surface area contributed by atoms with Crippen LogP contribution in [0.2, 0.25) is 0 Å². The minimum absolute atomic E-state index is 0.230. The van der Waals surface area contributed by atoms with E-state index < -0.39 is 0 Å². The molecule has 2 fully saturated rings. The zero-order valence-corrected chi connectivity index (χ0v) is 14.5. The minimum Gasteiger partial charge on any atom is -0.311 e. The molecule has 0 bridgehead atoms. The van der Waals surface area contributed by atoms with Gasteiger partial charge in [-0.15, -0.1) is 0 Å². The topological polar surface area (TPSA) is 15.3 Å². The molecule has 0 saturated heterocycles. The number of hydrogen-bond donors (Lipinski definition) is 1. The number of hydrogen-bond acceptors (Lipinski definition) is 2. The molecule has 0 aromatic heterocycles. The van der Waals surface area contributed by atoms with Gasteiger partial charge in [-0.2, -0.15) is 0 Å². The summed E-state index contributed by atoms with van der Waals surface area (Å²) in [5, 5.41) is 3.73. The third-order valence-electron chi connectivity index (χ3n) is 4.93. The van der Waals surface area contributed by atoms with E-state index in [9.17, 15) is 0 Å². The molecule has 2 aliphatic rings. The predicted octanol–water partition coefficient (Wildman–Crippen LogP) is 3.91. The highest BCUT2D eigenvalue weighted by molar-refractivity contribution is 4.88. The fourth-order valence-corrected chi connectivity index (χ4v) is 2.85. The van der Waals surface area contributed by atoms with E-state index in [0.29, 0.717) is 5.41 Å². The van der Waals surface area contributed by atoms with Crippen molar-refractivity contribution >= 4 is 0 Å². The van der Waals surface area contributed by atoms with E-state index in [4.69, 9.17) is 0 Å². The molecule has 2 aliphatic carbocycles. The molecule has 0 aromatic rings. The number of nitrogens with one attached hydrogen (secondary N) is 1. The van der Waals surface area contributed by atoms with Crippen LogP contribution in [0.4, 0.5) is 0 Å². The smallest absolute Gasteiger partial charge is 0.00967 e. The molecule has 2 nitrogen and oxygen atoms in total. The van der Waals surface area contributed by atoms with Crippen LogP contribution in [0.3, 0.4) is 0 Å². The van der Waals surface area contributed by atoms with Gasteiger partial charge in [0.1, 0.15) is 0 Å². The number of nitrogens with zero attached hydrogens (tertiary/aromatic N) is 1. The Labute approximate surface area is 126 Å². The summed E-state index contributed by atoms with van der Waals surface area (Å²) in [6.45, 7) is 16.8. The van der Waals surface area contributed by atoms with Crippen LogP contribution in [0.15, 0.2) is 0 Å². The quantitative estimate of drug-likeness (QED) is 0.689. The van der Waals surface area contributed by atoms with Crippen molar-refractivity contribution in [2.24, 2.45) is 17.3 Å². The molecule has 0 heterocycles. The number of rotatable bonds is 9. The molecular weight excluding hydrogens is 244 g/mol. The Morgan fingerprint density at radius 2 is 1.45 bits per heavy atom. The highest BCUT2D eigenvalue weighted by atomic mass is 15.1. The molecule has 0 spiro atoms. The van der Waals surface area contributed by atoms with Crippen molar-refractivity contribution in [3.63, 3.8) is 0 Å². The van der Waals surface area contributed by atoms with Gasteiger partial charge >= 0.3 is 0 Å². The average molecular weight is 280 g/mol. The van der Waals surface area contributed by atoms with Crippen molar-refractivity contribution in [3.8, 4) is 0 Å². The molecular formula is C18H36N2. The van der Waals surface area contributed by atoms with Crippen LogP contribution in [-0.4, -0.2) is 36.6 Å². The summed E-state index contributed by atoms with van der Waals surface area (Å²) in [6, 6.07) is 0. The first-order valence-corrected chi connectivity index (χ1v) is 8.77. The molecule has 2 heteroatoms.